The van der Waals surface area contributed by atoms with Crippen LogP contribution in [0.2, 0.25) is 0 Å². The van der Waals surface area contributed by atoms with Gasteiger partial charge in [0.25, 0.3) is 0 Å². The van der Waals surface area contributed by atoms with Gasteiger partial charge in [-0.3, -0.25) is 0 Å². The highest BCUT2D eigenvalue weighted by Gasteiger charge is 1.99. The smallest absolute Gasteiger partial charge is 0.0973 e. The summed E-state index contributed by atoms with van der Waals surface area (Å²) in [4.78, 5) is 0. The Kier molecular flexibility index (Phi) is 9.18. The topological polar surface area (TPSA) is 65.2 Å². The van der Waals surface area contributed by atoms with Crippen molar-refractivity contribution in [3.8, 4) is 0 Å². The Balaban J connectivity index is 0.000000220. The third-order valence-electron chi connectivity index (χ3n) is 2.71. The molecule has 2 N–H and O–H groups in total. The Hall–Kier alpha value is -1.66. The van der Waals surface area contributed by atoms with Crippen molar-refractivity contribution < 1.29 is 10.4 Å². The Morgan fingerprint density at radius 1 is 0.682 bits per heavy atom. The molecule has 4 nitrogen and oxygen atoms in total. The van der Waals surface area contributed by atoms with Crippen LogP contribution in [0.3, 0.4) is 0 Å². The predicted octanol–water partition coefficient (Wildman–Crippen LogP) is 4.52. The maximum absolute atomic E-state index is 8.54. The summed E-state index contributed by atoms with van der Waals surface area (Å²) < 4.78 is 0. The normalized spacial score (nSPS) is 11.5. The first kappa shape index (κ1) is 18.4. The van der Waals surface area contributed by atoms with Crippen LogP contribution in [0.5, 0.6) is 0 Å². The minimum atomic E-state index is 0.563. The average molecular weight is 428 g/mol. The number of oxime groups is 2. The summed E-state index contributed by atoms with van der Waals surface area (Å²) >= 11 is 6.44. The molecule has 6 heteroatoms. The van der Waals surface area contributed by atoms with Gasteiger partial charge in [-0.2, -0.15) is 0 Å². The molecule has 0 atom stereocenters. The van der Waals surface area contributed by atoms with Gasteiger partial charge in [0.05, 0.1) is 11.4 Å². The van der Waals surface area contributed by atoms with E-state index in [0.29, 0.717) is 22.1 Å². The Bertz CT molecular complexity index is 547. The summed E-state index contributed by atoms with van der Waals surface area (Å²) in [5.74, 6) is 0. The Morgan fingerprint density at radius 2 is 1.00 bits per heavy atom. The van der Waals surface area contributed by atoms with E-state index in [1.54, 1.807) is 0 Å². The van der Waals surface area contributed by atoms with E-state index in [-0.39, 0.29) is 0 Å². The predicted molar refractivity (Wildman–Crippen MR) is 97.1 cm³/mol. The number of hydrogen-bond donors (Lipinski definition) is 2. The quantitative estimate of drug-likeness (QED) is 0.326. The molecule has 0 saturated heterocycles. The van der Waals surface area contributed by atoms with E-state index in [1.165, 1.54) is 0 Å². The largest absolute Gasteiger partial charge is 0.411 e. The standard InChI is InChI=1S/2C8H8BrNO/c2*9-6-8(10-11)7-4-2-1-3-5-7/h2*1-5,11H,6H2. The fraction of sp³-hybridized carbons (Fsp3) is 0.125. The summed E-state index contributed by atoms with van der Waals surface area (Å²) in [7, 11) is 0. The van der Waals surface area contributed by atoms with Gasteiger partial charge in [0, 0.05) is 21.8 Å². The second kappa shape index (κ2) is 11.0. The van der Waals surface area contributed by atoms with Crippen molar-refractivity contribution in [3.05, 3.63) is 71.8 Å². The number of hydrogen-bond acceptors (Lipinski definition) is 4. The summed E-state index contributed by atoms with van der Waals surface area (Å²) in [6, 6.07) is 19.1. The zero-order valence-corrected chi connectivity index (χ0v) is 14.9. The lowest BCUT2D eigenvalue weighted by molar-refractivity contribution is 0.319. The van der Waals surface area contributed by atoms with Crippen LogP contribution in [0.25, 0.3) is 0 Å². The highest BCUT2D eigenvalue weighted by Crippen LogP contribution is 2.03. The van der Waals surface area contributed by atoms with E-state index in [4.69, 9.17) is 10.4 Å². The summed E-state index contributed by atoms with van der Waals surface area (Å²) in [6.45, 7) is 0. The molecule has 0 aliphatic rings. The summed E-state index contributed by atoms with van der Waals surface area (Å²) in [5, 5.41) is 24.5. The van der Waals surface area contributed by atoms with Crippen molar-refractivity contribution in [3.63, 3.8) is 0 Å². The average Bonchev–Trinajstić information content (AvgIpc) is 2.60. The van der Waals surface area contributed by atoms with Gasteiger partial charge >= 0.3 is 0 Å². The highest BCUT2D eigenvalue weighted by atomic mass is 79.9. The molecule has 116 valence electrons. The molecule has 0 saturated carbocycles. The van der Waals surface area contributed by atoms with Crippen molar-refractivity contribution in [2.45, 2.75) is 0 Å². The van der Waals surface area contributed by atoms with Gasteiger partial charge < -0.3 is 10.4 Å². The Labute approximate surface area is 146 Å². The molecule has 2 rings (SSSR count). The van der Waals surface area contributed by atoms with Gasteiger partial charge in [0.15, 0.2) is 0 Å². The van der Waals surface area contributed by atoms with Crippen molar-refractivity contribution in [1.29, 1.82) is 0 Å². The number of nitrogens with zero attached hydrogens (tertiary/aromatic N) is 2. The molecule has 2 aromatic carbocycles. The maximum atomic E-state index is 8.54. The van der Waals surface area contributed by atoms with E-state index < -0.39 is 0 Å². The van der Waals surface area contributed by atoms with E-state index in [2.05, 4.69) is 42.2 Å². The summed E-state index contributed by atoms with van der Waals surface area (Å²) in [5.41, 5.74) is 3.16. The van der Waals surface area contributed by atoms with Crippen LogP contribution in [0.1, 0.15) is 11.1 Å². The molecule has 0 spiro atoms. The van der Waals surface area contributed by atoms with Gasteiger partial charge in [-0.1, -0.05) is 103 Å². The molecule has 0 bridgehead atoms. The zero-order chi connectivity index (χ0) is 16.2. The third-order valence-corrected chi connectivity index (χ3v) is 3.77. The van der Waals surface area contributed by atoms with Crippen molar-refractivity contribution in [1.82, 2.24) is 0 Å². The monoisotopic (exact) mass is 426 g/mol. The van der Waals surface area contributed by atoms with E-state index in [0.717, 1.165) is 11.1 Å². The highest BCUT2D eigenvalue weighted by molar-refractivity contribution is 9.09. The molecule has 0 fully saturated rings. The minimum absolute atomic E-state index is 0.563. The van der Waals surface area contributed by atoms with Crippen LogP contribution >= 0.6 is 31.9 Å². The second-order valence-electron chi connectivity index (χ2n) is 4.09. The Morgan fingerprint density at radius 3 is 1.23 bits per heavy atom. The van der Waals surface area contributed by atoms with E-state index in [1.807, 2.05) is 60.7 Å². The number of benzene rings is 2. The van der Waals surface area contributed by atoms with Gasteiger partial charge in [-0.15, -0.1) is 0 Å². The third kappa shape index (κ3) is 5.99. The SMILES string of the molecule is ON=C(CBr)c1ccccc1.ON=C(CBr)c1ccccc1. The molecule has 0 aromatic heterocycles. The van der Waals surface area contributed by atoms with Crippen LogP contribution in [-0.2, 0) is 0 Å². The van der Waals surface area contributed by atoms with Crippen molar-refractivity contribution >= 4 is 43.3 Å². The number of rotatable bonds is 4. The molecule has 0 radical (unpaired) electrons. The molecule has 0 amide bonds. The first-order chi connectivity index (χ1) is 10.8. The lowest BCUT2D eigenvalue weighted by Crippen LogP contribution is -2.01. The number of halogens is 2. The van der Waals surface area contributed by atoms with Crippen LogP contribution in [-0.4, -0.2) is 32.5 Å². The second-order valence-corrected chi connectivity index (χ2v) is 5.21. The number of alkyl halides is 2. The molecule has 0 aliphatic heterocycles. The molecular formula is C16H16Br2N2O2. The maximum Gasteiger partial charge on any atom is 0.0973 e. The fourth-order valence-electron chi connectivity index (χ4n) is 1.58. The van der Waals surface area contributed by atoms with E-state index >= 15 is 0 Å². The lowest BCUT2D eigenvalue weighted by atomic mass is 10.1. The van der Waals surface area contributed by atoms with Crippen LogP contribution in [0, 0.1) is 0 Å². The molecule has 0 unspecified atom stereocenters. The molecule has 0 aliphatic carbocycles. The van der Waals surface area contributed by atoms with Crippen molar-refractivity contribution in [2.75, 3.05) is 10.7 Å². The first-order valence-corrected chi connectivity index (χ1v) is 8.65. The molecule has 22 heavy (non-hydrogen) atoms. The van der Waals surface area contributed by atoms with Gasteiger partial charge in [-0.25, -0.2) is 0 Å². The van der Waals surface area contributed by atoms with Crippen LogP contribution < -0.4 is 0 Å². The lowest BCUT2D eigenvalue weighted by Gasteiger charge is -1.97. The van der Waals surface area contributed by atoms with Gasteiger partial charge in [0.2, 0.25) is 0 Å². The van der Waals surface area contributed by atoms with Crippen LogP contribution in [0.4, 0.5) is 0 Å². The molecule has 0 heterocycles. The first-order valence-electron chi connectivity index (χ1n) is 6.41. The minimum Gasteiger partial charge on any atom is -0.411 e. The zero-order valence-electron chi connectivity index (χ0n) is 11.7. The molecular weight excluding hydrogens is 412 g/mol. The van der Waals surface area contributed by atoms with Gasteiger partial charge in [-0.05, 0) is 0 Å². The van der Waals surface area contributed by atoms with Gasteiger partial charge in [0.1, 0.15) is 0 Å². The fourth-order valence-corrected chi connectivity index (χ4v) is 2.46. The summed E-state index contributed by atoms with van der Waals surface area (Å²) in [6.07, 6.45) is 0. The van der Waals surface area contributed by atoms with Crippen LogP contribution in [0.15, 0.2) is 71.0 Å². The van der Waals surface area contributed by atoms with E-state index in [9.17, 15) is 0 Å². The van der Waals surface area contributed by atoms with Crippen molar-refractivity contribution in [2.24, 2.45) is 10.3 Å². The molecule has 2 aromatic rings.